The smallest absolute Gasteiger partial charge is 0.141 e. The maximum absolute atomic E-state index is 4.87. The van der Waals surface area contributed by atoms with E-state index in [-0.39, 0.29) is 5.41 Å². The van der Waals surface area contributed by atoms with Gasteiger partial charge >= 0.3 is 0 Å². The third-order valence-electron chi connectivity index (χ3n) is 3.98. The highest BCUT2D eigenvalue weighted by molar-refractivity contribution is 7.98. The molecule has 1 aliphatic heterocycles. The molecule has 1 aromatic carbocycles. The van der Waals surface area contributed by atoms with Crippen LogP contribution in [-0.2, 0) is 16.9 Å². The van der Waals surface area contributed by atoms with Gasteiger partial charge in [-0.3, -0.25) is 0 Å². The van der Waals surface area contributed by atoms with Gasteiger partial charge < -0.3 is 5.32 Å². The number of fused-ring (bicyclic) bond motifs is 1. The van der Waals surface area contributed by atoms with E-state index in [1.54, 1.807) is 0 Å². The Kier molecular flexibility index (Phi) is 3.89. The summed E-state index contributed by atoms with van der Waals surface area (Å²) in [5.41, 5.74) is 3.55. The van der Waals surface area contributed by atoms with E-state index in [0.717, 1.165) is 29.7 Å². The molecule has 2 aromatic rings. The first-order valence-corrected chi connectivity index (χ1v) is 8.55. The Hall–Kier alpha value is -1.55. The molecule has 21 heavy (non-hydrogen) atoms. The lowest BCUT2D eigenvalue weighted by Crippen LogP contribution is -2.24. The molecule has 3 nitrogen and oxygen atoms in total. The maximum atomic E-state index is 4.87. The fraction of sp³-hybridized carbons (Fsp3) is 0.412. The summed E-state index contributed by atoms with van der Waals surface area (Å²) >= 11 is 1.92. The Morgan fingerprint density at radius 1 is 1.14 bits per heavy atom. The first kappa shape index (κ1) is 14.4. The maximum Gasteiger partial charge on any atom is 0.141 e. The topological polar surface area (TPSA) is 37.8 Å². The number of nitrogens with zero attached hydrogens (tertiary/aromatic N) is 2. The molecule has 2 heterocycles. The van der Waals surface area contributed by atoms with Crippen LogP contribution in [0.1, 0.15) is 43.4 Å². The third kappa shape index (κ3) is 2.64. The van der Waals surface area contributed by atoms with Crippen LogP contribution in [0.5, 0.6) is 0 Å². The summed E-state index contributed by atoms with van der Waals surface area (Å²) in [6.45, 7) is 7.39. The van der Waals surface area contributed by atoms with E-state index in [1.807, 2.05) is 17.8 Å². The molecule has 0 amide bonds. The predicted octanol–water partition coefficient (Wildman–Crippen LogP) is 3.98. The number of benzene rings is 1. The molecule has 110 valence electrons. The van der Waals surface area contributed by atoms with Crippen LogP contribution < -0.4 is 5.32 Å². The molecule has 0 unspecified atom stereocenters. The fourth-order valence-corrected chi connectivity index (χ4v) is 3.67. The highest BCUT2D eigenvalue weighted by Gasteiger charge is 2.29. The lowest BCUT2D eigenvalue weighted by molar-refractivity contribution is 0.587. The van der Waals surface area contributed by atoms with Crippen LogP contribution in [-0.4, -0.2) is 16.5 Å². The number of hydrogen-bond acceptors (Lipinski definition) is 4. The van der Waals surface area contributed by atoms with Gasteiger partial charge in [0.2, 0.25) is 0 Å². The van der Waals surface area contributed by atoms with Gasteiger partial charge in [-0.25, -0.2) is 9.97 Å². The van der Waals surface area contributed by atoms with Crippen molar-refractivity contribution in [3.05, 3.63) is 53.0 Å². The lowest BCUT2D eigenvalue weighted by atomic mass is 9.83. The highest BCUT2D eigenvalue weighted by Crippen LogP contribution is 2.36. The number of aromatic nitrogens is 2. The fourth-order valence-electron chi connectivity index (χ4n) is 2.63. The second kappa shape index (κ2) is 5.68. The van der Waals surface area contributed by atoms with Crippen molar-refractivity contribution in [2.45, 2.75) is 37.7 Å². The van der Waals surface area contributed by atoms with Crippen LogP contribution in [0.4, 0.5) is 5.82 Å². The molecule has 3 rings (SSSR count). The second-order valence-electron chi connectivity index (χ2n) is 5.84. The quantitative estimate of drug-likeness (QED) is 0.926. The van der Waals surface area contributed by atoms with E-state index in [2.05, 4.69) is 50.4 Å². The van der Waals surface area contributed by atoms with E-state index in [0.29, 0.717) is 0 Å². The Morgan fingerprint density at radius 3 is 2.62 bits per heavy atom. The number of anilines is 1. The molecule has 0 radical (unpaired) electrons. The van der Waals surface area contributed by atoms with E-state index in [1.165, 1.54) is 16.8 Å². The minimum atomic E-state index is -0.187. The van der Waals surface area contributed by atoms with Crippen LogP contribution >= 0.6 is 11.8 Å². The van der Waals surface area contributed by atoms with Crippen molar-refractivity contribution < 1.29 is 0 Å². The van der Waals surface area contributed by atoms with Gasteiger partial charge in [0.1, 0.15) is 11.6 Å². The zero-order valence-electron chi connectivity index (χ0n) is 12.8. The van der Waals surface area contributed by atoms with Crippen molar-refractivity contribution in [2.24, 2.45) is 0 Å². The summed E-state index contributed by atoms with van der Waals surface area (Å²) in [5.74, 6) is 3.94. The van der Waals surface area contributed by atoms with E-state index in [4.69, 9.17) is 9.97 Å². The average molecular weight is 299 g/mol. The first-order valence-electron chi connectivity index (χ1n) is 7.40. The van der Waals surface area contributed by atoms with Gasteiger partial charge in [0.15, 0.2) is 0 Å². The molecular weight excluding hydrogens is 278 g/mol. The minimum absolute atomic E-state index is 0.187. The molecule has 4 heteroatoms. The number of rotatable bonds is 4. The van der Waals surface area contributed by atoms with Gasteiger partial charge in [0.05, 0.1) is 5.69 Å². The third-order valence-corrected chi connectivity index (χ3v) is 4.95. The van der Waals surface area contributed by atoms with Gasteiger partial charge in [-0.1, -0.05) is 30.3 Å². The zero-order valence-corrected chi connectivity index (χ0v) is 13.6. The molecule has 1 aliphatic rings. The van der Waals surface area contributed by atoms with E-state index >= 15 is 0 Å². The van der Waals surface area contributed by atoms with Gasteiger partial charge in [0, 0.05) is 29.0 Å². The van der Waals surface area contributed by atoms with E-state index in [9.17, 15) is 0 Å². The zero-order chi connectivity index (χ0) is 14.9. The molecular formula is C17H21N3S. The van der Waals surface area contributed by atoms with Crippen LogP contribution in [0.15, 0.2) is 30.3 Å². The van der Waals surface area contributed by atoms with Gasteiger partial charge in [0.25, 0.3) is 0 Å². The standard InChI is InChI=1S/C17H21N3S/c1-4-18-15-13-10-21-11-14(13)19-16(20-15)17(2,3)12-8-6-5-7-9-12/h5-9H,4,10-11H2,1-3H3,(H,18,19,20). The summed E-state index contributed by atoms with van der Waals surface area (Å²) < 4.78 is 0. The summed E-state index contributed by atoms with van der Waals surface area (Å²) in [7, 11) is 0. The van der Waals surface area contributed by atoms with Crippen molar-refractivity contribution in [2.75, 3.05) is 11.9 Å². The molecule has 0 atom stereocenters. The molecule has 0 aliphatic carbocycles. The Labute approximate surface area is 130 Å². The van der Waals surface area contributed by atoms with Crippen molar-refractivity contribution in [3.8, 4) is 0 Å². The van der Waals surface area contributed by atoms with Crippen molar-refractivity contribution in [3.63, 3.8) is 0 Å². The van der Waals surface area contributed by atoms with Gasteiger partial charge in [-0.05, 0) is 26.3 Å². The number of thioether (sulfide) groups is 1. The SMILES string of the molecule is CCNc1nc(C(C)(C)c2ccccc2)nc2c1CSC2. The Balaban J connectivity index is 2.08. The summed E-state index contributed by atoms with van der Waals surface area (Å²) in [6, 6.07) is 10.5. The second-order valence-corrected chi connectivity index (χ2v) is 6.82. The number of hydrogen-bond donors (Lipinski definition) is 1. The summed E-state index contributed by atoms with van der Waals surface area (Å²) in [4.78, 5) is 9.72. The lowest BCUT2D eigenvalue weighted by Gasteiger charge is -2.25. The molecule has 0 saturated carbocycles. The van der Waals surface area contributed by atoms with E-state index < -0.39 is 0 Å². The van der Waals surface area contributed by atoms with Crippen LogP contribution in [0.25, 0.3) is 0 Å². The number of nitrogens with one attached hydrogen (secondary N) is 1. The van der Waals surface area contributed by atoms with Crippen molar-refractivity contribution in [1.29, 1.82) is 0 Å². The Bertz CT molecular complexity index is 638. The monoisotopic (exact) mass is 299 g/mol. The molecule has 0 saturated heterocycles. The predicted molar refractivity (Wildman–Crippen MR) is 89.8 cm³/mol. The minimum Gasteiger partial charge on any atom is -0.370 e. The Morgan fingerprint density at radius 2 is 1.90 bits per heavy atom. The molecule has 0 fully saturated rings. The van der Waals surface area contributed by atoms with Crippen LogP contribution in [0.3, 0.4) is 0 Å². The van der Waals surface area contributed by atoms with Crippen molar-refractivity contribution >= 4 is 17.6 Å². The molecule has 1 aromatic heterocycles. The molecule has 0 spiro atoms. The summed E-state index contributed by atoms with van der Waals surface area (Å²) in [6.07, 6.45) is 0. The molecule has 1 N–H and O–H groups in total. The molecule has 0 bridgehead atoms. The van der Waals surface area contributed by atoms with Gasteiger partial charge in [-0.2, -0.15) is 11.8 Å². The first-order chi connectivity index (χ1) is 10.1. The normalized spacial score (nSPS) is 14.0. The largest absolute Gasteiger partial charge is 0.370 e. The van der Waals surface area contributed by atoms with Crippen molar-refractivity contribution in [1.82, 2.24) is 9.97 Å². The average Bonchev–Trinajstić information content (AvgIpc) is 2.97. The van der Waals surface area contributed by atoms with Gasteiger partial charge in [-0.15, -0.1) is 0 Å². The highest BCUT2D eigenvalue weighted by atomic mass is 32.2. The summed E-state index contributed by atoms with van der Waals surface area (Å²) in [5, 5.41) is 3.41. The van der Waals surface area contributed by atoms with Crippen LogP contribution in [0, 0.1) is 0 Å². The van der Waals surface area contributed by atoms with Crippen LogP contribution in [0.2, 0.25) is 0 Å².